The van der Waals surface area contributed by atoms with Gasteiger partial charge in [0.2, 0.25) is 0 Å². The van der Waals surface area contributed by atoms with Gasteiger partial charge in [-0.15, -0.1) is 0 Å². The minimum Gasteiger partial charge on any atom is -0.478 e. The second-order valence-electron chi connectivity index (χ2n) is 2.57. The first kappa shape index (κ1) is 9.86. The highest BCUT2D eigenvalue weighted by atomic mass is 32.1. The Morgan fingerprint density at radius 2 is 2.31 bits per heavy atom. The summed E-state index contributed by atoms with van der Waals surface area (Å²) in [6.45, 7) is 0. The number of carbonyl (C=O) groups is 1. The van der Waals surface area contributed by atoms with Gasteiger partial charge in [0.25, 0.3) is 0 Å². The van der Waals surface area contributed by atoms with Gasteiger partial charge in [-0.1, -0.05) is 24.3 Å². The fourth-order valence-corrected chi connectivity index (χ4v) is 1.16. The molecule has 0 bridgehead atoms. The van der Waals surface area contributed by atoms with E-state index >= 15 is 0 Å². The van der Waals surface area contributed by atoms with Crippen molar-refractivity contribution in [3.8, 4) is 0 Å². The molecular weight excluding hydrogens is 184 g/mol. The molecule has 0 aliphatic carbocycles. The second kappa shape index (κ2) is 4.72. The molecule has 13 heavy (non-hydrogen) atoms. The van der Waals surface area contributed by atoms with E-state index in [1.54, 1.807) is 6.08 Å². The smallest absolute Gasteiger partial charge is 0.328 e. The molecule has 0 saturated carbocycles. The fraction of sp³-hybridized carbons (Fsp3) is 0.100. The molecular formula is C10H10O2S. The van der Waals surface area contributed by atoms with Crippen LogP contribution >= 0.6 is 12.6 Å². The third-order valence-corrected chi connectivity index (χ3v) is 1.92. The third-order valence-electron chi connectivity index (χ3n) is 1.55. The van der Waals surface area contributed by atoms with Crippen molar-refractivity contribution in [1.29, 1.82) is 0 Å². The van der Waals surface area contributed by atoms with Gasteiger partial charge in [-0.3, -0.25) is 0 Å². The van der Waals surface area contributed by atoms with Gasteiger partial charge in [0.1, 0.15) is 0 Å². The summed E-state index contributed by atoms with van der Waals surface area (Å²) >= 11 is 4.13. The SMILES string of the molecule is O=C(O)C=Cc1cccc(CS)c1. The van der Waals surface area contributed by atoms with Gasteiger partial charge in [0.05, 0.1) is 0 Å². The first-order valence-electron chi connectivity index (χ1n) is 3.83. The highest BCUT2D eigenvalue weighted by Crippen LogP contribution is 2.08. The van der Waals surface area contributed by atoms with Crippen LogP contribution in [0.5, 0.6) is 0 Å². The summed E-state index contributed by atoms with van der Waals surface area (Å²) in [6.07, 6.45) is 2.69. The number of thiol groups is 1. The van der Waals surface area contributed by atoms with E-state index in [4.69, 9.17) is 5.11 Å². The van der Waals surface area contributed by atoms with Crippen molar-refractivity contribution in [1.82, 2.24) is 0 Å². The van der Waals surface area contributed by atoms with Crippen molar-refractivity contribution in [3.63, 3.8) is 0 Å². The Bertz CT molecular complexity index is 331. The molecule has 0 aliphatic rings. The predicted molar refractivity (Wildman–Crippen MR) is 55.8 cm³/mol. The van der Waals surface area contributed by atoms with Crippen molar-refractivity contribution in [2.75, 3.05) is 0 Å². The van der Waals surface area contributed by atoms with Crippen LogP contribution in [0.15, 0.2) is 30.3 Å². The van der Waals surface area contributed by atoms with Crippen LogP contribution in [0.1, 0.15) is 11.1 Å². The highest BCUT2D eigenvalue weighted by Gasteiger charge is 1.91. The van der Waals surface area contributed by atoms with E-state index in [9.17, 15) is 4.79 Å². The molecule has 0 radical (unpaired) electrons. The monoisotopic (exact) mass is 194 g/mol. The van der Waals surface area contributed by atoms with Gasteiger partial charge in [0.15, 0.2) is 0 Å². The molecule has 0 spiro atoms. The molecule has 2 nitrogen and oxygen atoms in total. The lowest BCUT2D eigenvalue weighted by molar-refractivity contribution is -0.131. The normalized spacial score (nSPS) is 10.5. The maximum Gasteiger partial charge on any atom is 0.328 e. The summed E-state index contributed by atoms with van der Waals surface area (Å²) in [5.74, 6) is -0.273. The lowest BCUT2D eigenvalue weighted by atomic mass is 10.1. The predicted octanol–water partition coefficient (Wildman–Crippen LogP) is 2.21. The molecule has 0 fully saturated rings. The van der Waals surface area contributed by atoms with Gasteiger partial charge in [-0.2, -0.15) is 12.6 Å². The standard InChI is InChI=1S/C10H10O2S/c11-10(12)5-4-8-2-1-3-9(6-8)7-13/h1-6,13H,7H2,(H,11,12). The van der Waals surface area contributed by atoms with E-state index in [-0.39, 0.29) is 0 Å². The van der Waals surface area contributed by atoms with Crippen LogP contribution in [-0.4, -0.2) is 11.1 Å². The third kappa shape index (κ3) is 3.34. The maximum atomic E-state index is 10.2. The van der Waals surface area contributed by atoms with Gasteiger partial charge < -0.3 is 5.11 Å². The van der Waals surface area contributed by atoms with Crippen LogP contribution in [0.25, 0.3) is 6.08 Å². The Labute approximate surface area is 82.3 Å². The van der Waals surface area contributed by atoms with Crippen molar-refractivity contribution in [3.05, 3.63) is 41.5 Å². The van der Waals surface area contributed by atoms with Gasteiger partial charge in [-0.05, 0) is 17.2 Å². The Morgan fingerprint density at radius 3 is 2.92 bits per heavy atom. The number of aliphatic carboxylic acids is 1. The van der Waals surface area contributed by atoms with E-state index in [0.29, 0.717) is 5.75 Å². The Hall–Kier alpha value is -1.22. The molecule has 3 heteroatoms. The number of hydrogen-bond acceptors (Lipinski definition) is 2. The molecule has 1 N–H and O–H groups in total. The van der Waals surface area contributed by atoms with Gasteiger partial charge in [-0.25, -0.2) is 4.79 Å². The van der Waals surface area contributed by atoms with Crippen molar-refractivity contribution >= 4 is 24.7 Å². The average molecular weight is 194 g/mol. The summed E-state index contributed by atoms with van der Waals surface area (Å²) in [5.41, 5.74) is 1.96. The number of carboxylic acids is 1. The van der Waals surface area contributed by atoms with E-state index in [2.05, 4.69) is 12.6 Å². The van der Waals surface area contributed by atoms with Crippen LogP contribution < -0.4 is 0 Å². The molecule has 1 aromatic rings. The summed E-state index contributed by atoms with van der Waals surface area (Å²) in [7, 11) is 0. The van der Waals surface area contributed by atoms with Crippen LogP contribution in [0, 0.1) is 0 Å². The lowest BCUT2D eigenvalue weighted by Crippen LogP contribution is -1.86. The van der Waals surface area contributed by atoms with Crippen molar-refractivity contribution in [2.24, 2.45) is 0 Å². The van der Waals surface area contributed by atoms with Crippen LogP contribution in [0.3, 0.4) is 0 Å². The van der Waals surface area contributed by atoms with Gasteiger partial charge in [0, 0.05) is 11.8 Å². The van der Waals surface area contributed by atoms with Crippen molar-refractivity contribution < 1.29 is 9.90 Å². The minimum atomic E-state index is -0.934. The molecule has 68 valence electrons. The number of benzene rings is 1. The molecule has 0 saturated heterocycles. The van der Waals surface area contributed by atoms with Gasteiger partial charge >= 0.3 is 5.97 Å². The molecule has 0 amide bonds. The first-order valence-corrected chi connectivity index (χ1v) is 4.46. The maximum absolute atomic E-state index is 10.2. The summed E-state index contributed by atoms with van der Waals surface area (Å²) < 4.78 is 0. The molecule has 1 rings (SSSR count). The Morgan fingerprint density at radius 1 is 1.54 bits per heavy atom. The summed E-state index contributed by atoms with van der Waals surface area (Å²) in [4.78, 5) is 10.2. The zero-order valence-electron chi connectivity index (χ0n) is 6.97. The Kier molecular flexibility index (Phi) is 3.58. The molecule has 0 aliphatic heterocycles. The molecule has 0 aromatic heterocycles. The van der Waals surface area contributed by atoms with Crippen LogP contribution in [0.4, 0.5) is 0 Å². The molecule has 1 aromatic carbocycles. The minimum absolute atomic E-state index is 0.661. The zero-order chi connectivity index (χ0) is 9.68. The average Bonchev–Trinajstić information content (AvgIpc) is 2.15. The van der Waals surface area contributed by atoms with E-state index < -0.39 is 5.97 Å². The number of carboxylic acid groups (broad SMARTS) is 1. The van der Waals surface area contributed by atoms with Crippen molar-refractivity contribution in [2.45, 2.75) is 5.75 Å². The Balaban J connectivity index is 2.83. The lowest BCUT2D eigenvalue weighted by Gasteiger charge is -1.96. The quantitative estimate of drug-likeness (QED) is 0.572. The molecule has 0 unspecified atom stereocenters. The topological polar surface area (TPSA) is 37.3 Å². The van der Waals surface area contributed by atoms with E-state index in [1.807, 2.05) is 24.3 Å². The fourth-order valence-electron chi connectivity index (χ4n) is 0.963. The summed E-state index contributed by atoms with van der Waals surface area (Å²) in [6, 6.07) is 7.59. The number of hydrogen-bond donors (Lipinski definition) is 2. The highest BCUT2D eigenvalue weighted by molar-refractivity contribution is 7.79. The zero-order valence-corrected chi connectivity index (χ0v) is 7.87. The molecule has 0 atom stereocenters. The van der Waals surface area contributed by atoms with Crippen LogP contribution in [-0.2, 0) is 10.5 Å². The van der Waals surface area contributed by atoms with E-state index in [1.165, 1.54) is 0 Å². The molecule has 0 heterocycles. The second-order valence-corrected chi connectivity index (χ2v) is 2.89. The first-order chi connectivity index (χ1) is 6.22. The summed E-state index contributed by atoms with van der Waals surface area (Å²) in [5, 5.41) is 8.40. The van der Waals surface area contributed by atoms with Crippen LogP contribution in [0.2, 0.25) is 0 Å². The number of rotatable bonds is 3. The van der Waals surface area contributed by atoms with E-state index in [0.717, 1.165) is 17.2 Å². The largest absolute Gasteiger partial charge is 0.478 e.